The van der Waals surface area contributed by atoms with Crippen molar-refractivity contribution >= 4 is 17.8 Å². The van der Waals surface area contributed by atoms with Gasteiger partial charge in [0.05, 0.1) is 12.8 Å². The number of nitrogens with zero attached hydrogens (tertiary/aromatic N) is 1. The average Bonchev–Trinajstić information content (AvgIpc) is 3.30. The maximum atomic E-state index is 12.5. The van der Waals surface area contributed by atoms with E-state index >= 15 is 0 Å². The lowest BCUT2D eigenvalue weighted by Crippen LogP contribution is -2.51. The molecule has 1 unspecified atom stereocenters. The van der Waals surface area contributed by atoms with E-state index < -0.39 is 12.0 Å². The molecule has 2 aromatic heterocycles. The average molecular weight is 346 g/mol. The van der Waals surface area contributed by atoms with Crippen LogP contribution in [0.25, 0.3) is 0 Å². The van der Waals surface area contributed by atoms with Gasteiger partial charge in [-0.3, -0.25) is 9.59 Å². The molecule has 2 N–H and O–H groups in total. The molecule has 132 valence electrons. The van der Waals surface area contributed by atoms with Crippen LogP contribution in [0.15, 0.2) is 39.4 Å². The van der Waals surface area contributed by atoms with E-state index in [1.165, 1.54) is 23.3 Å². The van der Waals surface area contributed by atoms with Crippen molar-refractivity contribution in [1.82, 2.24) is 10.2 Å². The van der Waals surface area contributed by atoms with E-state index in [2.05, 4.69) is 5.32 Å². The minimum Gasteiger partial charge on any atom is -0.475 e. The fourth-order valence-electron chi connectivity index (χ4n) is 2.87. The van der Waals surface area contributed by atoms with Gasteiger partial charge in [0.1, 0.15) is 11.8 Å². The van der Waals surface area contributed by atoms with Gasteiger partial charge in [0.2, 0.25) is 11.7 Å². The van der Waals surface area contributed by atoms with E-state index in [0.717, 1.165) is 12.8 Å². The lowest BCUT2D eigenvalue weighted by atomic mass is 10.0. The molecule has 0 radical (unpaired) electrons. The summed E-state index contributed by atoms with van der Waals surface area (Å²) in [6.07, 6.45) is 3.67. The number of piperidine rings is 1. The van der Waals surface area contributed by atoms with Gasteiger partial charge in [0.25, 0.3) is 5.91 Å². The molecule has 0 saturated carbocycles. The minimum atomic E-state index is -1.17. The number of carboxylic acids is 1. The molecule has 8 nitrogen and oxygen atoms in total. The van der Waals surface area contributed by atoms with Crippen LogP contribution in [0.5, 0.6) is 0 Å². The van der Waals surface area contributed by atoms with Crippen LogP contribution >= 0.6 is 0 Å². The molecule has 0 bridgehead atoms. The van der Waals surface area contributed by atoms with Crippen molar-refractivity contribution in [1.29, 1.82) is 0 Å². The molecule has 1 aliphatic heterocycles. The van der Waals surface area contributed by atoms with Crippen molar-refractivity contribution in [2.24, 2.45) is 0 Å². The largest absolute Gasteiger partial charge is 0.475 e. The number of likely N-dealkylation sites (tertiary alicyclic amines) is 1. The molecule has 1 aliphatic rings. The molecule has 2 amide bonds. The van der Waals surface area contributed by atoms with Crippen LogP contribution in [0.1, 0.15) is 46.1 Å². The van der Waals surface area contributed by atoms with Crippen molar-refractivity contribution in [2.75, 3.05) is 6.54 Å². The number of hydrogen-bond donors (Lipinski definition) is 2. The Labute approximate surface area is 143 Å². The molecule has 3 heterocycles. The third-order valence-corrected chi connectivity index (χ3v) is 4.11. The molecule has 2 aromatic rings. The van der Waals surface area contributed by atoms with Gasteiger partial charge in [-0.2, -0.15) is 0 Å². The molecule has 0 aliphatic carbocycles. The van der Waals surface area contributed by atoms with Crippen LogP contribution < -0.4 is 5.32 Å². The molecular formula is C17H18N2O6. The van der Waals surface area contributed by atoms with Crippen LogP contribution in [0, 0.1) is 0 Å². The van der Waals surface area contributed by atoms with Crippen molar-refractivity contribution in [3.05, 3.63) is 47.8 Å². The Morgan fingerprint density at radius 3 is 2.72 bits per heavy atom. The lowest BCUT2D eigenvalue weighted by Gasteiger charge is -2.34. The Bertz CT molecular complexity index is 764. The molecule has 1 saturated heterocycles. The molecule has 0 spiro atoms. The lowest BCUT2D eigenvalue weighted by molar-refractivity contribution is -0.126. The third-order valence-electron chi connectivity index (χ3n) is 4.11. The summed E-state index contributed by atoms with van der Waals surface area (Å²) in [7, 11) is 0. The van der Waals surface area contributed by atoms with Gasteiger partial charge in [-0.15, -0.1) is 0 Å². The zero-order valence-electron chi connectivity index (χ0n) is 13.4. The quantitative estimate of drug-likeness (QED) is 0.855. The Kier molecular flexibility index (Phi) is 4.87. The number of aromatic carboxylic acids is 1. The summed E-state index contributed by atoms with van der Waals surface area (Å²) in [6, 6.07) is 5.44. The third kappa shape index (κ3) is 3.73. The molecule has 1 fully saturated rings. The van der Waals surface area contributed by atoms with Gasteiger partial charge in [-0.1, -0.05) is 0 Å². The van der Waals surface area contributed by atoms with E-state index in [9.17, 15) is 14.4 Å². The van der Waals surface area contributed by atoms with Gasteiger partial charge in [-0.25, -0.2) is 4.79 Å². The van der Waals surface area contributed by atoms with Crippen LogP contribution in [0.4, 0.5) is 0 Å². The maximum Gasteiger partial charge on any atom is 0.371 e. The van der Waals surface area contributed by atoms with Crippen molar-refractivity contribution in [3.8, 4) is 0 Å². The number of hydrogen-bond acceptors (Lipinski definition) is 5. The molecule has 8 heteroatoms. The first-order chi connectivity index (χ1) is 12.1. The van der Waals surface area contributed by atoms with Gasteiger partial charge >= 0.3 is 5.97 Å². The first kappa shape index (κ1) is 16.8. The monoisotopic (exact) mass is 346 g/mol. The first-order valence-corrected chi connectivity index (χ1v) is 8.00. The Hall–Kier alpha value is -3.03. The fourth-order valence-corrected chi connectivity index (χ4v) is 2.87. The minimum absolute atomic E-state index is 0.0609. The smallest absolute Gasteiger partial charge is 0.371 e. The van der Waals surface area contributed by atoms with E-state index in [0.29, 0.717) is 18.7 Å². The molecule has 1 atom stereocenters. The summed E-state index contributed by atoms with van der Waals surface area (Å²) in [6.45, 7) is 0.549. The van der Waals surface area contributed by atoms with Gasteiger partial charge < -0.3 is 24.2 Å². The number of rotatable bonds is 5. The highest BCUT2D eigenvalue weighted by atomic mass is 16.4. The van der Waals surface area contributed by atoms with Gasteiger partial charge in [0.15, 0.2) is 5.76 Å². The van der Waals surface area contributed by atoms with E-state index in [-0.39, 0.29) is 29.9 Å². The van der Waals surface area contributed by atoms with Crippen molar-refractivity contribution in [3.63, 3.8) is 0 Å². The summed E-state index contributed by atoms with van der Waals surface area (Å²) in [4.78, 5) is 37.3. The van der Waals surface area contributed by atoms with E-state index in [4.69, 9.17) is 13.9 Å². The van der Waals surface area contributed by atoms with Gasteiger partial charge in [-0.05, 0) is 43.5 Å². The number of carbonyl (C=O) groups excluding carboxylic acids is 2. The number of nitrogens with one attached hydrogen (secondary N) is 1. The summed E-state index contributed by atoms with van der Waals surface area (Å²) in [5.41, 5.74) is 0. The van der Waals surface area contributed by atoms with Crippen LogP contribution in [-0.2, 0) is 11.3 Å². The summed E-state index contributed by atoms with van der Waals surface area (Å²) in [5.74, 6) is -1.41. The Balaban J connectivity index is 1.64. The van der Waals surface area contributed by atoms with Crippen LogP contribution in [0.2, 0.25) is 0 Å². The molecule has 0 aromatic carbocycles. The fraction of sp³-hybridized carbons (Fsp3) is 0.353. The summed E-state index contributed by atoms with van der Waals surface area (Å²) in [5, 5.41) is 11.5. The Morgan fingerprint density at radius 1 is 1.20 bits per heavy atom. The Morgan fingerprint density at radius 2 is 2.04 bits per heavy atom. The van der Waals surface area contributed by atoms with Gasteiger partial charge in [0, 0.05) is 6.54 Å². The highest BCUT2D eigenvalue weighted by Gasteiger charge is 2.33. The molecule has 25 heavy (non-hydrogen) atoms. The SMILES string of the molecule is O=C(O)c1ccc(CNC(=O)C2CCCCN2C(=O)c2ccco2)o1. The predicted molar refractivity (Wildman–Crippen MR) is 84.9 cm³/mol. The highest BCUT2D eigenvalue weighted by molar-refractivity contribution is 5.95. The summed E-state index contributed by atoms with van der Waals surface area (Å²) >= 11 is 0. The van der Waals surface area contributed by atoms with Crippen LogP contribution in [0.3, 0.4) is 0 Å². The first-order valence-electron chi connectivity index (χ1n) is 8.00. The number of amides is 2. The zero-order chi connectivity index (χ0) is 17.8. The summed E-state index contributed by atoms with van der Waals surface area (Å²) < 4.78 is 10.2. The van der Waals surface area contributed by atoms with Crippen molar-refractivity contribution < 1.29 is 28.3 Å². The maximum absolute atomic E-state index is 12.5. The predicted octanol–water partition coefficient (Wildman–Crippen LogP) is 1.88. The number of carboxylic acid groups (broad SMARTS) is 1. The molecular weight excluding hydrogens is 328 g/mol. The second kappa shape index (κ2) is 7.25. The highest BCUT2D eigenvalue weighted by Crippen LogP contribution is 2.20. The second-order valence-electron chi connectivity index (χ2n) is 5.78. The van der Waals surface area contributed by atoms with Crippen LogP contribution in [-0.4, -0.2) is 40.4 Å². The second-order valence-corrected chi connectivity index (χ2v) is 5.78. The molecule has 3 rings (SSSR count). The topological polar surface area (TPSA) is 113 Å². The normalized spacial score (nSPS) is 17.3. The standard InChI is InChI=1S/C17H18N2O6/c20-15(18-10-11-6-7-14(25-11)17(22)23)12-4-1-2-8-19(12)16(21)13-5-3-9-24-13/h3,5-7,9,12H,1-2,4,8,10H2,(H,18,20)(H,22,23). The van der Waals surface area contributed by atoms with E-state index in [1.54, 1.807) is 12.1 Å². The van der Waals surface area contributed by atoms with Crippen molar-refractivity contribution in [2.45, 2.75) is 31.8 Å². The number of carbonyl (C=O) groups is 3. The number of furan rings is 2. The zero-order valence-corrected chi connectivity index (χ0v) is 13.4. The van der Waals surface area contributed by atoms with E-state index in [1.807, 2.05) is 0 Å².